The van der Waals surface area contributed by atoms with Crippen molar-refractivity contribution < 1.29 is 13.2 Å². The standard InChI is InChI=1S/C11H18F3N5/c1-17-2-4-18(5-3-17)6-7-19-10(15)8-9(16-19)11(12,13)14/h8H,2-7,15H2,1H3. The molecule has 1 aromatic heterocycles. The van der Waals surface area contributed by atoms with Gasteiger partial charge in [-0.2, -0.15) is 18.3 Å². The summed E-state index contributed by atoms with van der Waals surface area (Å²) in [5, 5.41) is 3.51. The Hall–Kier alpha value is -1.28. The van der Waals surface area contributed by atoms with Crippen LogP contribution in [0.2, 0.25) is 0 Å². The van der Waals surface area contributed by atoms with Crippen LogP contribution >= 0.6 is 0 Å². The number of alkyl halides is 3. The van der Waals surface area contributed by atoms with Crippen LogP contribution < -0.4 is 5.73 Å². The van der Waals surface area contributed by atoms with Crippen LogP contribution in [0.5, 0.6) is 0 Å². The summed E-state index contributed by atoms with van der Waals surface area (Å²) in [5.41, 5.74) is 4.62. The summed E-state index contributed by atoms with van der Waals surface area (Å²) in [6.07, 6.45) is -4.44. The molecule has 0 aliphatic carbocycles. The zero-order valence-corrected chi connectivity index (χ0v) is 10.8. The minimum absolute atomic E-state index is 0.0569. The fourth-order valence-electron chi connectivity index (χ4n) is 2.06. The van der Waals surface area contributed by atoms with Crippen LogP contribution in [0.25, 0.3) is 0 Å². The molecule has 8 heteroatoms. The summed E-state index contributed by atoms with van der Waals surface area (Å²) in [6.45, 7) is 4.83. The molecule has 19 heavy (non-hydrogen) atoms. The van der Waals surface area contributed by atoms with Crippen LogP contribution in [0, 0.1) is 0 Å². The third-order valence-corrected chi connectivity index (χ3v) is 3.33. The highest BCUT2D eigenvalue weighted by atomic mass is 19.4. The van der Waals surface area contributed by atoms with Gasteiger partial charge in [0.25, 0.3) is 0 Å². The third-order valence-electron chi connectivity index (χ3n) is 3.33. The number of likely N-dealkylation sites (N-methyl/N-ethyl adjacent to an activating group) is 1. The zero-order valence-electron chi connectivity index (χ0n) is 10.8. The third kappa shape index (κ3) is 3.60. The molecule has 2 heterocycles. The van der Waals surface area contributed by atoms with E-state index < -0.39 is 11.9 Å². The van der Waals surface area contributed by atoms with Gasteiger partial charge < -0.3 is 10.6 Å². The highest BCUT2D eigenvalue weighted by molar-refractivity contribution is 5.31. The number of rotatable bonds is 3. The van der Waals surface area contributed by atoms with Crippen molar-refractivity contribution in [3.63, 3.8) is 0 Å². The van der Waals surface area contributed by atoms with Crippen molar-refractivity contribution in [1.29, 1.82) is 0 Å². The minimum Gasteiger partial charge on any atom is -0.384 e. The first-order chi connectivity index (χ1) is 8.86. The van der Waals surface area contributed by atoms with Gasteiger partial charge >= 0.3 is 6.18 Å². The molecule has 0 amide bonds. The van der Waals surface area contributed by atoms with Gasteiger partial charge in [-0.25, -0.2) is 4.68 Å². The smallest absolute Gasteiger partial charge is 0.384 e. The first kappa shape index (κ1) is 14.1. The van der Waals surface area contributed by atoms with E-state index in [2.05, 4.69) is 21.9 Å². The van der Waals surface area contributed by atoms with E-state index in [1.807, 2.05) is 0 Å². The lowest BCUT2D eigenvalue weighted by molar-refractivity contribution is -0.141. The maximum atomic E-state index is 12.5. The molecule has 1 aliphatic heterocycles. The zero-order chi connectivity index (χ0) is 14.0. The number of piperazine rings is 1. The normalized spacial score (nSPS) is 18.9. The molecular formula is C11H18F3N5. The molecule has 1 saturated heterocycles. The van der Waals surface area contributed by atoms with Crippen molar-refractivity contribution in [3.05, 3.63) is 11.8 Å². The first-order valence-corrected chi connectivity index (χ1v) is 6.17. The second-order valence-corrected chi connectivity index (χ2v) is 4.82. The number of nitrogen functional groups attached to an aromatic ring is 1. The highest BCUT2D eigenvalue weighted by Gasteiger charge is 2.34. The number of aromatic nitrogens is 2. The van der Waals surface area contributed by atoms with E-state index in [1.165, 1.54) is 4.68 Å². The summed E-state index contributed by atoms with van der Waals surface area (Å²) >= 11 is 0. The molecule has 0 spiro atoms. The molecule has 2 rings (SSSR count). The van der Waals surface area contributed by atoms with E-state index in [4.69, 9.17) is 5.73 Å². The van der Waals surface area contributed by atoms with Gasteiger partial charge in [-0.15, -0.1) is 0 Å². The SMILES string of the molecule is CN1CCN(CCn2nc(C(F)(F)F)cc2N)CC1. The van der Waals surface area contributed by atoms with E-state index in [0.29, 0.717) is 13.1 Å². The molecule has 0 aromatic carbocycles. The van der Waals surface area contributed by atoms with Crippen LogP contribution in [-0.2, 0) is 12.7 Å². The lowest BCUT2D eigenvalue weighted by atomic mass is 10.3. The van der Waals surface area contributed by atoms with Gasteiger partial charge in [0, 0.05) is 38.8 Å². The Kier molecular flexibility index (Phi) is 4.00. The Labute approximate surface area is 109 Å². The lowest BCUT2D eigenvalue weighted by Gasteiger charge is -2.32. The van der Waals surface area contributed by atoms with E-state index in [-0.39, 0.29) is 5.82 Å². The number of nitrogens with zero attached hydrogens (tertiary/aromatic N) is 4. The van der Waals surface area contributed by atoms with Crippen LogP contribution in [0.4, 0.5) is 19.0 Å². The Morgan fingerprint density at radius 2 is 1.84 bits per heavy atom. The van der Waals surface area contributed by atoms with E-state index in [0.717, 1.165) is 32.2 Å². The van der Waals surface area contributed by atoms with Crippen molar-refractivity contribution in [2.45, 2.75) is 12.7 Å². The Bertz CT molecular complexity index is 420. The van der Waals surface area contributed by atoms with Crippen LogP contribution in [0.15, 0.2) is 6.07 Å². The van der Waals surface area contributed by atoms with Crippen LogP contribution in [0.1, 0.15) is 5.69 Å². The predicted octanol–water partition coefficient (Wildman–Crippen LogP) is 0.731. The van der Waals surface area contributed by atoms with E-state index >= 15 is 0 Å². The largest absolute Gasteiger partial charge is 0.435 e. The number of hydrogen-bond donors (Lipinski definition) is 1. The van der Waals surface area contributed by atoms with Gasteiger partial charge in [-0.3, -0.25) is 4.90 Å². The number of nitrogens with two attached hydrogens (primary N) is 1. The van der Waals surface area contributed by atoms with Crippen LogP contribution in [0.3, 0.4) is 0 Å². The average molecular weight is 277 g/mol. The molecule has 0 atom stereocenters. The second-order valence-electron chi connectivity index (χ2n) is 4.82. The van der Waals surface area contributed by atoms with Crippen molar-refractivity contribution in [1.82, 2.24) is 19.6 Å². The molecule has 2 N–H and O–H groups in total. The summed E-state index contributed by atoms with van der Waals surface area (Å²) in [6, 6.07) is 0.879. The molecule has 108 valence electrons. The molecule has 0 saturated carbocycles. The first-order valence-electron chi connectivity index (χ1n) is 6.17. The monoisotopic (exact) mass is 277 g/mol. The van der Waals surface area contributed by atoms with Gasteiger partial charge in [-0.05, 0) is 7.05 Å². The Morgan fingerprint density at radius 1 is 1.21 bits per heavy atom. The van der Waals surface area contributed by atoms with Gasteiger partial charge in [0.1, 0.15) is 5.82 Å². The van der Waals surface area contributed by atoms with Crippen molar-refractivity contribution in [2.24, 2.45) is 0 Å². The molecular weight excluding hydrogens is 259 g/mol. The molecule has 1 aliphatic rings. The average Bonchev–Trinajstić information content (AvgIpc) is 2.70. The van der Waals surface area contributed by atoms with Crippen LogP contribution in [-0.4, -0.2) is 59.4 Å². The quantitative estimate of drug-likeness (QED) is 0.885. The van der Waals surface area contributed by atoms with E-state index in [9.17, 15) is 13.2 Å². The second kappa shape index (κ2) is 5.38. The topological polar surface area (TPSA) is 50.3 Å². The molecule has 0 unspecified atom stereocenters. The summed E-state index contributed by atoms with van der Waals surface area (Å²) in [5.74, 6) is 0.0569. The van der Waals surface area contributed by atoms with Gasteiger partial charge in [-0.1, -0.05) is 0 Å². The van der Waals surface area contributed by atoms with E-state index in [1.54, 1.807) is 0 Å². The summed E-state index contributed by atoms with van der Waals surface area (Å²) in [4.78, 5) is 4.43. The fraction of sp³-hybridized carbons (Fsp3) is 0.727. The maximum absolute atomic E-state index is 12.5. The van der Waals surface area contributed by atoms with Crippen molar-refractivity contribution >= 4 is 5.82 Å². The molecule has 0 bridgehead atoms. The fourth-order valence-corrected chi connectivity index (χ4v) is 2.06. The van der Waals surface area contributed by atoms with Gasteiger partial charge in [0.05, 0.1) is 6.54 Å². The predicted molar refractivity (Wildman–Crippen MR) is 65.6 cm³/mol. The summed E-state index contributed by atoms with van der Waals surface area (Å²) < 4.78 is 38.6. The van der Waals surface area contributed by atoms with Crippen molar-refractivity contribution in [2.75, 3.05) is 45.5 Å². The van der Waals surface area contributed by atoms with Gasteiger partial charge in [0.2, 0.25) is 0 Å². The molecule has 1 aromatic rings. The highest BCUT2D eigenvalue weighted by Crippen LogP contribution is 2.29. The van der Waals surface area contributed by atoms with Gasteiger partial charge in [0.15, 0.2) is 5.69 Å². The minimum atomic E-state index is -4.44. The Morgan fingerprint density at radius 3 is 2.37 bits per heavy atom. The molecule has 0 radical (unpaired) electrons. The summed E-state index contributed by atoms with van der Waals surface area (Å²) in [7, 11) is 2.05. The number of anilines is 1. The number of halogens is 3. The lowest BCUT2D eigenvalue weighted by Crippen LogP contribution is -2.45. The van der Waals surface area contributed by atoms with Crippen molar-refractivity contribution in [3.8, 4) is 0 Å². The molecule has 5 nitrogen and oxygen atoms in total. The Balaban J connectivity index is 1.91. The maximum Gasteiger partial charge on any atom is 0.435 e. The molecule has 1 fully saturated rings. The number of hydrogen-bond acceptors (Lipinski definition) is 4.